The fourth-order valence-electron chi connectivity index (χ4n) is 3.65. The zero-order chi connectivity index (χ0) is 16.4. The molecule has 1 aromatic rings. The smallest absolute Gasteiger partial charge is 0.328 e. The second-order valence-corrected chi connectivity index (χ2v) is 6.72. The van der Waals surface area contributed by atoms with Crippen molar-refractivity contribution in [2.75, 3.05) is 6.61 Å². The van der Waals surface area contributed by atoms with Crippen molar-refractivity contribution >= 4 is 5.91 Å². The van der Waals surface area contributed by atoms with Gasteiger partial charge in [0.1, 0.15) is 6.54 Å². The maximum Gasteiger partial charge on any atom is 0.328 e. The van der Waals surface area contributed by atoms with Crippen LogP contribution in [0, 0.1) is 6.92 Å². The van der Waals surface area contributed by atoms with Gasteiger partial charge in [0.15, 0.2) is 0 Å². The van der Waals surface area contributed by atoms with E-state index < -0.39 is 11.2 Å². The van der Waals surface area contributed by atoms with Crippen LogP contribution in [0.2, 0.25) is 0 Å². The zero-order valence-electron chi connectivity index (χ0n) is 13.4. The third-order valence-electron chi connectivity index (χ3n) is 4.84. The summed E-state index contributed by atoms with van der Waals surface area (Å²) in [5.74, 6) is -0.236. The number of ether oxygens (including phenoxy) is 1. The molecule has 0 aromatic carbocycles. The Morgan fingerprint density at radius 1 is 1.39 bits per heavy atom. The van der Waals surface area contributed by atoms with Crippen LogP contribution in [0.3, 0.4) is 0 Å². The molecule has 1 saturated carbocycles. The lowest BCUT2D eigenvalue weighted by atomic mass is 9.82. The monoisotopic (exact) mass is 321 g/mol. The van der Waals surface area contributed by atoms with Gasteiger partial charge in [0.2, 0.25) is 5.91 Å². The highest BCUT2D eigenvalue weighted by molar-refractivity contribution is 5.76. The first-order valence-electron chi connectivity index (χ1n) is 8.21. The molecule has 126 valence electrons. The average Bonchev–Trinajstić information content (AvgIpc) is 2.87. The number of aromatic nitrogens is 2. The SMILES string of the molecule is Cc1cn(CC(=O)N[C@H]2COC3(CCCCC3)C2)c(=O)[nH]c1=O. The minimum atomic E-state index is -0.567. The largest absolute Gasteiger partial charge is 0.373 e. The van der Waals surface area contributed by atoms with E-state index in [0.717, 1.165) is 19.3 Å². The van der Waals surface area contributed by atoms with Crippen LogP contribution in [0.5, 0.6) is 0 Å². The van der Waals surface area contributed by atoms with Crippen LogP contribution in [-0.4, -0.2) is 33.7 Å². The number of hydrogen-bond acceptors (Lipinski definition) is 4. The van der Waals surface area contributed by atoms with Crippen LogP contribution in [0.4, 0.5) is 0 Å². The van der Waals surface area contributed by atoms with Crippen LogP contribution in [-0.2, 0) is 16.1 Å². The third-order valence-corrected chi connectivity index (χ3v) is 4.84. The Kier molecular flexibility index (Phi) is 4.39. The Hall–Kier alpha value is -1.89. The number of carbonyl (C=O) groups is 1. The van der Waals surface area contributed by atoms with Crippen molar-refractivity contribution in [2.24, 2.45) is 0 Å². The minimum Gasteiger partial charge on any atom is -0.373 e. The van der Waals surface area contributed by atoms with Crippen LogP contribution in [0.15, 0.2) is 15.8 Å². The standard InChI is InChI=1S/C16H23N3O4/c1-11-8-19(15(22)18-14(11)21)9-13(20)17-12-7-16(23-10-12)5-3-2-4-6-16/h8,12H,2-7,9-10H2,1H3,(H,17,20)(H,18,21,22)/t12-/m1/s1. The van der Waals surface area contributed by atoms with Crippen LogP contribution >= 0.6 is 0 Å². The topological polar surface area (TPSA) is 93.2 Å². The van der Waals surface area contributed by atoms with E-state index in [9.17, 15) is 14.4 Å². The molecule has 1 saturated heterocycles. The first-order valence-corrected chi connectivity index (χ1v) is 8.21. The number of aryl methyl sites for hydroxylation is 1. The predicted molar refractivity (Wildman–Crippen MR) is 84.4 cm³/mol. The Morgan fingerprint density at radius 2 is 2.13 bits per heavy atom. The van der Waals surface area contributed by atoms with Gasteiger partial charge < -0.3 is 10.1 Å². The molecule has 1 aromatic heterocycles. The molecule has 1 aliphatic heterocycles. The molecule has 1 atom stereocenters. The number of H-pyrrole nitrogens is 1. The molecule has 2 aliphatic rings. The first-order chi connectivity index (χ1) is 11.0. The van der Waals surface area contributed by atoms with Crippen molar-refractivity contribution in [2.45, 2.75) is 63.6 Å². The molecule has 2 heterocycles. The van der Waals surface area contributed by atoms with Crippen LogP contribution < -0.4 is 16.6 Å². The number of carbonyl (C=O) groups excluding carboxylic acids is 1. The molecule has 0 radical (unpaired) electrons. The number of amides is 1. The molecule has 1 amide bonds. The van der Waals surface area contributed by atoms with E-state index in [1.807, 2.05) is 0 Å². The van der Waals surface area contributed by atoms with Gasteiger partial charge in [0.25, 0.3) is 5.56 Å². The van der Waals surface area contributed by atoms with E-state index in [0.29, 0.717) is 12.2 Å². The van der Waals surface area contributed by atoms with E-state index in [1.165, 1.54) is 30.0 Å². The Labute approximate surface area is 134 Å². The van der Waals surface area contributed by atoms with Crippen molar-refractivity contribution in [3.8, 4) is 0 Å². The Bertz CT molecular complexity index is 700. The van der Waals surface area contributed by atoms with Gasteiger partial charge in [-0.1, -0.05) is 19.3 Å². The van der Waals surface area contributed by atoms with Gasteiger partial charge in [-0.2, -0.15) is 0 Å². The zero-order valence-corrected chi connectivity index (χ0v) is 13.4. The van der Waals surface area contributed by atoms with Crippen LogP contribution in [0.25, 0.3) is 0 Å². The van der Waals surface area contributed by atoms with Gasteiger partial charge in [0.05, 0.1) is 18.2 Å². The van der Waals surface area contributed by atoms with E-state index >= 15 is 0 Å². The second kappa shape index (κ2) is 6.31. The number of nitrogens with one attached hydrogen (secondary N) is 2. The number of hydrogen-bond donors (Lipinski definition) is 2. The van der Waals surface area contributed by atoms with Crippen molar-refractivity contribution in [3.63, 3.8) is 0 Å². The maximum absolute atomic E-state index is 12.2. The van der Waals surface area contributed by atoms with E-state index in [1.54, 1.807) is 6.92 Å². The Balaban J connectivity index is 1.59. The molecule has 0 bridgehead atoms. The molecular weight excluding hydrogens is 298 g/mol. The molecule has 1 spiro atoms. The summed E-state index contributed by atoms with van der Waals surface area (Å²) in [6.07, 6.45) is 8.03. The quantitative estimate of drug-likeness (QED) is 0.845. The summed E-state index contributed by atoms with van der Waals surface area (Å²) in [6, 6.07) is 0.000148. The molecule has 7 heteroatoms. The van der Waals surface area contributed by atoms with Crippen LogP contribution in [0.1, 0.15) is 44.1 Å². The molecule has 1 aliphatic carbocycles. The second-order valence-electron chi connectivity index (χ2n) is 6.72. The van der Waals surface area contributed by atoms with E-state index in [-0.39, 0.29) is 24.1 Å². The van der Waals surface area contributed by atoms with Gasteiger partial charge in [-0.15, -0.1) is 0 Å². The molecule has 0 unspecified atom stereocenters. The molecular formula is C16H23N3O4. The molecule has 2 fully saturated rings. The summed E-state index contributed by atoms with van der Waals surface area (Å²) >= 11 is 0. The fourth-order valence-corrected chi connectivity index (χ4v) is 3.65. The third kappa shape index (κ3) is 3.55. The molecule has 3 rings (SSSR count). The van der Waals surface area contributed by atoms with Gasteiger partial charge in [-0.3, -0.25) is 19.1 Å². The van der Waals surface area contributed by atoms with Crippen molar-refractivity contribution < 1.29 is 9.53 Å². The highest BCUT2D eigenvalue weighted by Crippen LogP contribution is 2.39. The summed E-state index contributed by atoms with van der Waals surface area (Å²) < 4.78 is 7.19. The number of aromatic amines is 1. The Morgan fingerprint density at radius 3 is 2.87 bits per heavy atom. The first kappa shape index (κ1) is 16.0. The lowest BCUT2D eigenvalue weighted by Gasteiger charge is -2.32. The van der Waals surface area contributed by atoms with Crippen molar-refractivity contribution in [1.29, 1.82) is 0 Å². The molecule has 23 heavy (non-hydrogen) atoms. The van der Waals surface area contributed by atoms with Gasteiger partial charge in [0, 0.05) is 11.8 Å². The van der Waals surface area contributed by atoms with Crippen molar-refractivity contribution in [1.82, 2.24) is 14.9 Å². The predicted octanol–water partition coefficient (Wildman–Crippen LogP) is 0.453. The molecule has 7 nitrogen and oxygen atoms in total. The fraction of sp³-hybridized carbons (Fsp3) is 0.688. The van der Waals surface area contributed by atoms with Crippen molar-refractivity contribution in [3.05, 3.63) is 32.6 Å². The highest BCUT2D eigenvalue weighted by Gasteiger charge is 2.41. The van der Waals surface area contributed by atoms with E-state index in [2.05, 4.69) is 10.3 Å². The number of rotatable bonds is 3. The average molecular weight is 321 g/mol. The summed E-state index contributed by atoms with van der Waals surface area (Å²) in [5.41, 5.74) is -0.637. The van der Waals surface area contributed by atoms with Gasteiger partial charge in [-0.25, -0.2) is 4.79 Å². The summed E-state index contributed by atoms with van der Waals surface area (Å²) in [7, 11) is 0. The lowest BCUT2D eigenvalue weighted by molar-refractivity contribution is -0.122. The number of nitrogens with zero attached hydrogens (tertiary/aromatic N) is 1. The maximum atomic E-state index is 12.2. The van der Waals surface area contributed by atoms with Gasteiger partial charge in [-0.05, 0) is 26.2 Å². The molecule has 2 N–H and O–H groups in total. The lowest BCUT2D eigenvalue weighted by Crippen LogP contribution is -2.41. The van der Waals surface area contributed by atoms with Gasteiger partial charge >= 0.3 is 5.69 Å². The van der Waals surface area contributed by atoms with E-state index in [4.69, 9.17) is 4.74 Å². The normalized spacial score (nSPS) is 23.1. The summed E-state index contributed by atoms with van der Waals surface area (Å²) in [5, 5.41) is 2.94. The summed E-state index contributed by atoms with van der Waals surface area (Å²) in [6.45, 7) is 2.04. The summed E-state index contributed by atoms with van der Waals surface area (Å²) in [4.78, 5) is 37.4. The highest BCUT2D eigenvalue weighted by atomic mass is 16.5. The minimum absolute atomic E-state index is 0.000148.